The van der Waals surface area contributed by atoms with Crippen LogP contribution in [0.3, 0.4) is 0 Å². The number of hydrogen-bond donors (Lipinski definition) is 0. The minimum atomic E-state index is 0.870. The van der Waals surface area contributed by atoms with Gasteiger partial charge in [-0.3, -0.25) is 0 Å². The predicted molar refractivity (Wildman–Crippen MR) is 65.2 cm³/mol. The summed E-state index contributed by atoms with van der Waals surface area (Å²) >= 11 is 2.08. The maximum Gasteiger partial charge on any atom is 0.00160 e. The first-order valence-electron chi connectivity index (χ1n) is 5.42. The Morgan fingerprint density at radius 2 is 1.42 bits per heavy atom. The fourth-order valence-corrected chi connectivity index (χ4v) is 1.31. The Kier molecular flexibility index (Phi) is 34.1. The van der Waals surface area contributed by atoms with Crippen LogP contribution in [0, 0.1) is 0 Å². The van der Waals surface area contributed by atoms with E-state index in [1.807, 2.05) is 27.7 Å². The van der Waals surface area contributed by atoms with Gasteiger partial charge in [0.05, 0.1) is 0 Å². The van der Waals surface area contributed by atoms with Crippen molar-refractivity contribution in [2.75, 3.05) is 5.75 Å². The molecule has 0 fully saturated rings. The summed E-state index contributed by atoms with van der Waals surface area (Å²) in [5.74, 6) is 1.33. The van der Waals surface area contributed by atoms with Crippen molar-refractivity contribution in [3.05, 3.63) is 0 Å². The highest BCUT2D eigenvalue weighted by molar-refractivity contribution is 7.99. The molecule has 0 amide bonds. The smallest absolute Gasteiger partial charge is 0.00160 e. The van der Waals surface area contributed by atoms with Crippen molar-refractivity contribution in [1.29, 1.82) is 0 Å². The second-order valence-electron chi connectivity index (χ2n) is 2.09. The van der Waals surface area contributed by atoms with Crippen LogP contribution in [-0.4, -0.2) is 11.0 Å². The van der Waals surface area contributed by atoms with Crippen LogP contribution in [0.15, 0.2) is 0 Å². The van der Waals surface area contributed by atoms with Gasteiger partial charge >= 0.3 is 0 Å². The van der Waals surface area contributed by atoms with Crippen LogP contribution in [0.1, 0.15) is 61.3 Å². The van der Waals surface area contributed by atoms with E-state index in [-0.39, 0.29) is 0 Å². The molecule has 0 bridgehead atoms. The standard InChI is InChI=1S/C7H16S.2C2H6/c1-4-6-8-7(3)5-2;2*1-2/h7H,4-6H2,1-3H3;2*1-2H3. The Bertz CT molecular complexity index is 44.3. The van der Waals surface area contributed by atoms with Gasteiger partial charge in [-0.2, -0.15) is 11.8 Å². The largest absolute Gasteiger partial charge is 0.159 e. The molecule has 1 unspecified atom stereocenters. The molecule has 0 heterocycles. The second kappa shape index (κ2) is 22.5. The quantitative estimate of drug-likeness (QED) is 0.605. The Morgan fingerprint density at radius 3 is 1.67 bits per heavy atom. The van der Waals surface area contributed by atoms with E-state index < -0.39 is 0 Å². The van der Waals surface area contributed by atoms with E-state index in [9.17, 15) is 0 Å². The molecule has 1 atom stereocenters. The normalized spacial score (nSPS) is 10.2. The van der Waals surface area contributed by atoms with Crippen molar-refractivity contribution in [2.24, 2.45) is 0 Å². The van der Waals surface area contributed by atoms with E-state index in [2.05, 4.69) is 32.5 Å². The monoisotopic (exact) mass is 192 g/mol. The summed E-state index contributed by atoms with van der Waals surface area (Å²) < 4.78 is 0. The summed E-state index contributed by atoms with van der Waals surface area (Å²) in [6.45, 7) is 14.8. The zero-order valence-electron chi connectivity index (χ0n) is 10.1. The lowest BCUT2D eigenvalue weighted by atomic mass is 10.4. The van der Waals surface area contributed by atoms with E-state index in [1.54, 1.807) is 0 Å². The van der Waals surface area contributed by atoms with Crippen LogP contribution in [-0.2, 0) is 0 Å². The van der Waals surface area contributed by atoms with Gasteiger partial charge in [0, 0.05) is 5.25 Å². The third-order valence-electron chi connectivity index (χ3n) is 1.18. The fourth-order valence-electron chi connectivity index (χ4n) is 0.437. The molecule has 0 radical (unpaired) electrons. The van der Waals surface area contributed by atoms with Gasteiger partial charge < -0.3 is 0 Å². The number of hydrogen-bond acceptors (Lipinski definition) is 1. The van der Waals surface area contributed by atoms with Crippen LogP contribution >= 0.6 is 11.8 Å². The molecule has 1 heteroatoms. The molecule has 0 aromatic heterocycles. The van der Waals surface area contributed by atoms with Crippen LogP contribution < -0.4 is 0 Å². The molecule has 0 nitrogen and oxygen atoms in total. The molecule has 0 aliphatic rings. The summed E-state index contributed by atoms with van der Waals surface area (Å²) in [7, 11) is 0. The van der Waals surface area contributed by atoms with Gasteiger partial charge in [-0.15, -0.1) is 0 Å². The van der Waals surface area contributed by atoms with Crippen molar-refractivity contribution in [3.63, 3.8) is 0 Å². The molecular formula is C11H28S. The third-order valence-corrected chi connectivity index (χ3v) is 2.73. The van der Waals surface area contributed by atoms with E-state index in [4.69, 9.17) is 0 Å². The lowest BCUT2D eigenvalue weighted by molar-refractivity contribution is 0.902. The van der Waals surface area contributed by atoms with Crippen molar-refractivity contribution >= 4 is 11.8 Å². The molecule has 0 aliphatic heterocycles. The van der Waals surface area contributed by atoms with Crippen molar-refractivity contribution in [3.8, 4) is 0 Å². The van der Waals surface area contributed by atoms with Gasteiger partial charge in [-0.1, -0.05) is 48.5 Å². The van der Waals surface area contributed by atoms with Crippen molar-refractivity contribution < 1.29 is 0 Å². The van der Waals surface area contributed by atoms with Gasteiger partial charge in [-0.05, 0) is 18.6 Å². The third kappa shape index (κ3) is 22.4. The first kappa shape index (κ1) is 18.2. The summed E-state index contributed by atoms with van der Waals surface area (Å²) in [6, 6.07) is 0. The molecule has 0 saturated carbocycles. The van der Waals surface area contributed by atoms with Crippen LogP contribution in [0.25, 0.3) is 0 Å². The first-order valence-corrected chi connectivity index (χ1v) is 6.47. The summed E-state index contributed by atoms with van der Waals surface area (Å²) in [5.41, 5.74) is 0. The molecule has 12 heavy (non-hydrogen) atoms. The van der Waals surface area contributed by atoms with Gasteiger partial charge in [0.25, 0.3) is 0 Å². The summed E-state index contributed by atoms with van der Waals surface area (Å²) in [6.07, 6.45) is 2.62. The Balaban J connectivity index is -0.000000175. The lowest BCUT2D eigenvalue weighted by Crippen LogP contribution is -1.92. The molecule has 0 aromatic carbocycles. The van der Waals surface area contributed by atoms with Gasteiger partial charge in [0.1, 0.15) is 0 Å². The zero-order valence-corrected chi connectivity index (χ0v) is 10.9. The number of rotatable bonds is 4. The molecule has 78 valence electrons. The van der Waals surface area contributed by atoms with Gasteiger partial charge in [0.2, 0.25) is 0 Å². The maximum atomic E-state index is 2.29. The molecule has 0 aliphatic carbocycles. The molecule has 0 N–H and O–H groups in total. The molecular weight excluding hydrogens is 164 g/mol. The zero-order chi connectivity index (χ0) is 10.4. The van der Waals surface area contributed by atoms with E-state index in [0.717, 1.165) is 5.25 Å². The Hall–Kier alpha value is 0.350. The highest BCUT2D eigenvalue weighted by Gasteiger charge is 1.94. The van der Waals surface area contributed by atoms with E-state index in [0.29, 0.717) is 0 Å². The Morgan fingerprint density at radius 1 is 1.00 bits per heavy atom. The first-order chi connectivity index (χ1) is 5.81. The topological polar surface area (TPSA) is 0 Å². The molecule has 0 spiro atoms. The highest BCUT2D eigenvalue weighted by Crippen LogP contribution is 2.13. The van der Waals surface area contributed by atoms with Crippen LogP contribution in [0.5, 0.6) is 0 Å². The average molecular weight is 192 g/mol. The van der Waals surface area contributed by atoms with Gasteiger partial charge in [0.15, 0.2) is 0 Å². The fraction of sp³-hybridized carbons (Fsp3) is 1.00. The van der Waals surface area contributed by atoms with Crippen LogP contribution in [0.4, 0.5) is 0 Å². The molecule has 0 aromatic rings. The average Bonchev–Trinajstić information content (AvgIpc) is 2.20. The minimum absolute atomic E-state index is 0.870. The SMILES string of the molecule is CC.CC.CCCSC(C)CC. The molecule has 0 saturated heterocycles. The summed E-state index contributed by atoms with van der Waals surface area (Å²) in [4.78, 5) is 0. The van der Waals surface area contributed by atoms with E-state index in [1.165, 1.54) is 18.6 Å². The summed E-state index contributed by atoms with van der Waals surface area (Å²) in [5, 5.41) is 0.870. The van der Waals surface area contributed by atoms with Crippen molar-refractivity contribution in [1.82, 2.24) is 0 Å². The van der Waals surface area contributed by atoms with E-state index >= 15 is 0 Å². The minimum Gasteiger partial charge on any atom is -0.159 e. The predicted octanol–water partition coefficient (Wildman–Crippen LogP) is 4.98. The van der Waals surface area contributed by atoms with Crippen LogP contribution in [0.2, 0.25) is 0 Å². The van der Waals surface area contributed by atoms with Gasteiger partial charge in [-0.25, -0.2) is 0 Å². The van der Waals surface area contributed by atoms with Crippen molar-refractivity contribution in [2.45, 2.75) is 66.6 Å². The Labute approximate surface area is 84.5 Å². The number of thioether (sulfide) groups is 1. The highest BCUT2D eigenvalue weighted by atomic mass is 32.2. The lowest BCUT2D eigenvalue weighted by Gasteiger charge is -2.04. The molecule has 0 rings (SSSR count). The second-order valence-corrected chi connectivity index (χ2v) is 3.64. The maximum absolute atomic E-state index is 2.29.